The van der Waals surface area contributed by atoms with E-state index < -0.39 is 11.7 Å². The predicted octanol–water partition coefficient (Wildman–Crippen LogP) is 4.86. The van der Waals surface area contributed by atoms with E-state index in [0.717, 1.165) is 23.4 Å². The molecule has 1 saturated heterocycles. The summed E-state index contributed by atoms with van der Waals surface area (Å²) in [7, 11) is 0. The van der Waals surface area contributed by atoms with Crippen molar-refractivity contribution in [3.63, 3.8) is 0 Å². The standard InChI is InChI=1S/C26H24F3N3O2/c27-26(28,29)21-11-9-20(10-12-21)25(34)32-16-13-19(14-17-32)24(33)31-23(18-6-2-1-3-7-18)22-8-4-5-15-30-22/h1-12,15,19,23H,13-14,16-17H2,(H,31,33). The van der Waals surface area contributed by atoms with Gasteiger partial charge in [-0.05, 0) is 54.8 Å². The van der Waals surface area contributed by atoms with Gasteiger partial charge in [0, 0.05) is 30.8 Å². The van der Waals surface area contributed by atoms with Crippen molar-refractivity contribution >= 4 is 11.8 Å². The van der Waals surface area contributed by atoms with E-state index in [0.29, 0.717) is 25.9 Å². The van der Waals surface area contributed by atoms with Gasteiger partial charge in [0.1, 0.15) is 0 Å². The lowest BCUT2D eigenvalue weighted by molar-refractivity contribution is -0.137. The molecule has 1 aliphatic rings. The molecule has 0 radical (unpaired) electrons. The molecule has 0 aliphatic carbocycles. The maximum absolute atomic E-state index is 13.1. The number of benzene rings is 2. The second-order valence-corrected chi connectivity index (χ2v) is 8.25. The Hall–Kier alpha value is -3.68. The molecular weight excluding hydrogens is 443 g/mol. The number of alkyl halides is 3. The largest absolute Gasteiger partial charge is 0.416 e. The molecule has 0 saturated carbocycles. The first-order chi connectivity index (χ1) is 16.3. The van der Waals surface area contributed by atoms with Crippen molar-refractivity contribution in [1.82, 2.24) is 15.2 Å². The molecule has 34 heavy (non-hydrogen) atoms. The van der Waals surface area contributed by atoms with Gasteiger partial charge in [-0.15, -0.1) is 0 Å². The smallest absolute Gasteiger partial charge is 0.343 e. The predicted molar refractivity (Wildman–Crippen MR) is 121 cm³/mol. The zero-order valence-corrected chi connectivity index (χ0v) is 18.3. The number of hydrogen-bond acceptors (Lipinski definition) is 3. The summed E-state index contributed by atoms with van der Waals surface area (Å²) in [5.74, 6) is -0.712. The van der Waals surface area contributed by atoms with E-state index in [1.807, 2.05) is 48.5 Å². The zero-order chi connectivity index (χ0) is 24.1. The lowest BCUT2D eigenvalue weighted by Crippen LogP contribution is -2.44. The Morgan fingerprint density at radius 3 is 2.15 bits per heavy atom. The topological polar surface area (TPSA) is 62.3 Å². The van der Waals surface area contributed by atoms with E-state index in [-0.39, 0.29) is 29.3 Å². The van der Waals surface area contributed by atoms with Gasteiger partial charge in [0.2, 0.25) is 5.91 Å². The van der Waals surface area contributed by atoms with E-state index in [1.165, 1.54) is 12.1 Å². The van der Waals surface area contributed by atoms with Crippen LogP contribution < -0.4 is 5.32 Å². The summed E-state index contributed by atoms with van der Waals surface area (Å²) in [4.78, 5) is 31.8. The van der Waals surface area contributed by atoms with Crippen LogP contribution in [0.1, 0.15) is 46.1 Å². The fraction of sp³-hybridized carbons (Fsp3) is 0.269. The number of nitrogens with one attached hydrogen (secondary N) is 1. The summed E-state index contributed by atoms with van der Waals surface area (Å²) in [6.07, 6.45) is -1.81. The summed E-state index contributed by atoms with van der Waals surface area (Å²) in [6, 6.07) is 19.0. The highest BCUT2D eigenvalue weighted by molar-refractivity contribution is 5.94. The lowest BCUT2D eigenvalue weighted by Gasteiger charge is -2.32. The molecule has 3 aromatic rings. The van der Waals surface area contributed by atoms with Crippen molar-refractivity contribution in [1.29, 1.82) is 0 Å². The van der Waals surface area contributed by atoms with Gasteiger partial charge in [-0.2, -0.15) is 13.2 Å². The second kappa shape index (κ2) is 10.1. The van der Waals surface area contributed by atoms with E-state index in [9.17, 15) is 22.8 Å². The number of pyridine rings is 1. The molecule has 2 aromatic carbocycles. The number of carbonyl (C=O) groups is 2. The highest BCUT2D eigenvalue weighted by Crippen LogP contribution is 2.30. The van der Waals surface area contributed by atoms with E-state index in [4.69, 9.17) is 0 Å². The van der Waals surface area contributed by atoms with Gasteiger partial charge in [-0.25, -0.2) is 0 Å². The van der Waals surface area contributed by atoms with Gasteiger partial charge in [-0.1, -0.05) is 36.4 Å². The van der Waals surface area contributed by atoms with Gasteiger partial charge >= 0.3 is 6.18 Å². The molecule has 1 N–H and O–H groups in total. The van der Waals surface area contributed by atoms with Crippen molar-refractivity contribution in [2.75, 3.05) is 13.1 Å². The molecule has 4 rings (SSSR count). The van der Waals surface area contributed by atoms with Gasteiger partial charge < -0.3 is 10.2 Å². The molecule has 176 valence electrons. The minimum absolute atomic E-state index is 0.110. The number of rotatable bonds is 5. The number of amides is 2. The van der Waals surface area contributed by atoms with Gasteiger partial charge in [0.15, 0.2) is 0 Å². The van der Waals surface area contributed by atoms with Crippen LogP contribution in [0.4, 0.5) is 13.2 Å². The minimum Gasteiger partial charge on any atom is -0.343 e. The van der Waals surface area contributed by atoms with Gasteiger partial charge in [0.25, 0.3) is 5.91 Å². The third kappa shape index (κ3) is 5.44. The Kier molecular flexibility index (Phi) is 6.95. The third-order valence-electron chi connectivity index (χ3n) is 6.02. The number of halogens is 3. The number of piperidine rings is 1. The molecule has 1 atom stereocenters. The molecule has 5 nitrogen and oxygen atoms in total. The first-order valence-corrected chi connectivity index (χ1v) is 11.1. The van der Waals surface area contributed by atoms with Gasteiger partial charge in [0.05, 0.1) is 17.3 Å². The first-order valence-electron chi connectivity index (χ1n) is 11.1. The van der Waals surface area contributed by atoms with Crippen LogP contribution >= 0.6 is 0 Å². The molecule has 2 amide bonds. The number of nitrogens with zero attached hydrogens (tertiary/aromatic N) is 2. The molecule has 0 spiro atoms. The van der Waals surface area contributed by atoms with E-state index in [2.05, 4.69) is 10.3 Å². The molecule has 0 bridgehead atoms. The lowest BCUT2D eigenvalue weighted by atomic mass is 9.94. The molecule has 1 fully saturated rings. The molecule has 2 heterocycles. The van der Waals surface area contributed by atoms with Crippen LogP contribution in [0.2, 0.25) is 0 Å². The van der Waals surface area contributed by atoms with Crippen LogP contribution in [0.15, 0.2) is 79.0 Å². The van der Waals surface area contributed by atoms with Crippen LogP contribution in [0, 0.1) is 5.92 Å². The summed E-state index contributed by atoms with van der Waals surface area (Å²) < 4.78 is 38.3. The first kappa shape index (κ1) is 23.5. The second-order valence-electron chi connectivity index (χ2n) is 8.25. The molecular formula is C26H24F3N3O2. The number of hydrogen-bond donors (Lipinski definition) is 1. The maximum atomic E-state index is 13.1. The summed E-state index contributed by atoms with van der Waals surface area (Å²) >= 11 is 0. The summed E-state index contributed by atoms with van der Waals surface area (Å²) in [5, 5.41) is 3.10. The van der Waals surface area contributed by atoms with Crippen LogP contribution in [0.3, 0.4) is 0 Å². The average Bonchev–Trinajstić information content (AvgIpc) is 2.87. The Bertz CT molecular complexity index is 1070. The SMILES string of the molecule is O=C(NC(c1ccccc1)c1ccccn1)C1CCN(C(=O)c2ccc(C(F)(F)F)cc2)CC1. The van der Waals surface area contributed by atoms with Gasteiger partial charge in [-0.3, -0.25) is 14.6 Å². The summed E-state index contributed by atoms with van der Waals surface area (Å²) in [5.41, 5.74) is 1.07. The number of aromatic nitrogens is 1. The van der Waals surface area contributed by atoms with Crippen LogP contribution in [-0.4, -0.2) is 34.8 Å². The molecule has 8 heteroatoms. The van der Waals surface area contributed by atoms with Crippen molar-refractivity contribution in [3.05, 3.63) is 101 Å². The van der Waals surface area contributed by atoms with Crippen molar-refractivity contribution < 1.29 is 22.8 Å². The fourth-order valence-electron chi connectivity index (χ4n) is 4.11. The van der Waals surface area contributed by atoms with Crippen LogP contribution in [0.5, 0.6) is 0 Å². The van der Waals surface area contributed by atoms with Crippen molar-refractivity contribution in [3.8, 4) is 0 Å². The monoisotopic (exact) mass is 467 g/mol. The van der Waals surface area contributed by atoms with Crippen molar-refractivity contribution in [2.24, 2.45) is 5.92 Å². The van der Waals surface area contributed by atoms with Crippen LogP contribution in [-0.2, 0) is 11.0 Å². The highest BCUT2D eigenvalue weighted by atomic mass is 19.4. The van der Waals surface area contributed by atoms with E-state index >= 15 is 0 Å². The quantitative estimate of drug-likeness (QED) is 0.583. The summed E-state index contributed by atoms with van der Waals surface area (Å²) in [6.45, 7) is 0.717. The molecule has 1 aliphatic heterocycles. The molecule has 1 aromatic heterocycles. The van der Waals surface area contributed by atoms with Crippen LogP contribution in [0.25, 0.3) is 0 Å². The number of likely N-dealkylation sites (tertiary alicyclic amines) is 1. The Balaban J connectivity index is 1.38. The Labute approximate surface area is 195 Å². The normalized spacial score (nSPS) is 15.6. The molecule has 1 unspecified atom stereocenters. The van der Waals surface area contributed by atoms with E-state index in [1.54, 1.807) is 11.1 Å². The Morgan fingerprint density at radius 1 is 0.912 bits per heavy atom. The fourth-order valence-corrected chi connectivity index (χ4v) is 4.11. The third-order valence-corrected chi connectivity index (χ3v) is 6.02. The average molecular weight is 467 g/mol. The van der Waals surface area contributed by atoms with Crippen molar-refractivity contribution in [2.45, 2.75) is 25.1 Å². The highest BCUT2D eigenvalue weighted by Gasteiger charge is 2.32. The minimum atomic E-state index is -4.44. The maximum Gasteiger partial charge on any atom is 0.416 e. The number of carbonyl (C=O) groups excluding carboxylic acids is 2. The zero-order valence-electron chi connectivity index (χ0n) is 18.3. The Morgan fingerprint density at radius 2 is 1.56 bits per heavy atom.